The van der Waals surface area contributed by atoms with Crippen LogP contribution in [-0.2, 0) is 14.4 Å². The van der Waals surface area contributed by atoms with Gasteiger partial charge in [-0.2, -0.15) is 0 Å². The molecule has 148 valence electrons. The molecule has 0 saturated carbocycles. The van der Waals surface area contributed by atoms with E-state index < -0.39 is 61.1 Å². The number of hydrogen-bond acceptors (Lipinski definition) is 8. The lowest BCUT2D eigenvalue weighted by atomic mass is 10.2. The number of nitrogens with two attached hydrogens (primary N) is 2. The third-order valence-corrected chi connectivity index (χ3v) is 3.32. The average molecular weight is 394 g/mol. The predicted octanol–water partition coefficient (Wildman–Crippen LogP) is -4.37. The minimum atomic E-state index is -1.61. The second-order valence-electron chi connectivity index (χ2n) is 5.16. The number of aliphatic carboxylic acids is 1. The molecule has 14 heteroatoms. The molecule has 13 nitrogen and oxygen atoms in total. The largest absolute Gasteiger partial charge is 0.480 e. The molecular weight excluding hydrogens is 372 g/mol. The molecule has 4 atom stereocenters. The van der Waals surface area contributed by atoms with Crippen molar-refractivity contribution >= 4 is 41.0 Å². The van der Waals surface area contributed by atoms with Gasteiger partial charge in [-0.3, -0.25) is 20.4 Å². The molecule has 0 radical (unpaired) electrons. The van der Waals surface area contributed by atoms with Gasteiger partial charge in [-0.25, -0.2) is 9.59 Å². The summed E-state index contributed by atoms with van der Waals surface area (Å²) in [7, 11) is 0. The van der Waals surface area contributed by atoms with E-state index >= 15 is 0 Å². The fraction of sp³-hybridized carbons (Fsp3) is 0.583. The molecule has 0 fully saturated rings. The Kier molecular flexibility index (Phi) is 10.0. The van der Waals surface area contributed by atoms with Gasteiger partial charge >= 0.3 is 12.0 Å². The summed E-state index contributed by atoms with van der Waals surface area (Å²) in [5, 5.41) is 30.8. The van der Waals surface area contributed by atoms with E-state index in [1.165, 1.54) is 6.92 Å². The fourth-order valence-electron chi connectivity index (χ4n) is 1.47. The van der Waals surface area contributed by atoms with Crippen molar-refractivity contribution in [2.45, 2.75) is 37.6 Å². The molecular formula is C12H22N6O7S. The van der Waals surface area contributed by atoms with E-state index in [0.29, 0.717) is 0 Å². The Morgan fingerprint density at radius 1 is 1.12 bits per heavy atom. The van der Waals surface area contributed by atoms with Crippen LogP contribution in [0.3, 0.4) is 0 Å². The quantitative estimate of drug-likeness (QED) is 0.135. The molecule has 0 aliphatic rings. The van der Waals surface area contributed by atoms with Crippen molar-refractivity contribution in [3.63, 3.8) is 0 Å². The Morgan fingerprint density at radius 3 is 2.08 bits per heavy atom. The van der Waals surface area contributed by atoms with Gasteiger partial charge in [-0.15, -0.1) is 0 Å². The number of aliphatic hydroxyl groups excluding tert-OH is 2. The van der Waals surface area contributed by atoms with Gasteiger partial charge in [-0.1, -0.05) is 12.2 Å². The van der Waals surface area contributed by atoms with Gasteiger partial charge in [0.25, 0.3) is 5.91 Å². The molecule has 4 amide bonds. The van der Waals surface area contributed by atoms with Crippen molar-refractivity contribution in [1.82, 2.24) is 21.5 Å². The topological polar surface area (TPSA) is 229 Å². The van der Waals surface area contributed by atoms with Gasteiger partial charge in [0.1, 0.15) is 11.0 Å². The molecule has 0 bridgehead atoms. The lowest BCUT2D eigenvalue weighted by molar-refractivity contribution is -0.140. The Morgan fingerprint density at radius 2 is 1.65 bits per heavy atom. The number of primary amides is 1. The highest BCUT2D eigenvalue weighted by molar-refractivity contribution is 7.80. The van der Waals surface area contributed by atoms with Crippen LogP contribution in [0, 0.1) is 0 Å². The van der Waals surface area contributed by atoms with Crippen molar-refractivity contribution in [2.75, 3.05) is 6.61 Å². The molecule has 0 heterocycles. The maximum atomic E-state index is 12.0. The first-order valence-corrected chi connectivity index (χ1v) is 7.62. The van der Waals surface area contributed by atoms with Crippen LogP contribution in [0.5, 0.6) is 0 Å². The first kappa shape index (κ1) is 23.4. The zero-order chi connectivity index (χ0) is 20.4. The predicted molar refractivity (Wildman–Crippen MR) is 91.3 cm³/mol. The summed E-state index contributed by atoms with van der Waals surface area (Å²) in [5.74, 6) is -3.36. The van der Waals surface area contributed by atoms with Crippen LogP contribution in [0.25, 0.3) is 0 Å². The number of carbonyl (C=O) groups is 4. The van der Waals surface area contributed by atoms with E-state index in [4.69, 9.17) is 33.9 Å². The van der Waals surface area contributed by atoms with E-state index in [2.05, 4.69) is 10.9 Å². The average Bonchev–Trinajstić information content (AvgIpc) is 2.54. The number of amides is 4. The van der Waals surface area contributed by atoms with Crippen LogP contribution >= 0.6 is 12.2 Å². The number of nitrogens with one attached hydrogen (secondary N) is 4. The number of carboxylic acids is 1. The maximum absolute atomic E-state index is 12.0. The highest BCUT2D eigenvalue weighted by atomic mass is 32.1. The van der Waals surface area contributed by atoms with E-state index in [1.807, 2.05) is 10.6 Å². The summed E-state index contributed by atoms with van der Waals surface area (Å²) in [6, 6.07) is -5.19. The molecule has 0 saturated heterocycles. The first-order chi connectivity index (χ1) is 12.0. The standard InChI is InChI=1S/C12H22N6O7S/c1-4(20)8(14)10(26)18-17-9(22)5(2-7(13)21)15-12(25)16-6(3-19)11(23)24/h4-6,8,19-20H,2-3,14H2,1H3,(H2,13,21)(H,17,22)(H,18,26)(H,23,24)(H2,15,16,25)/t4?,5-,6-,8-/m1/s1. The molecule has 0 aliphatic carbocycles. The smallest absolute Gasteiger partial charge is 0.328 e. The molecule has 11 N–H and O–H groups in total. The van der Waals surface area contributed by atoms with Gasteiger partial charge in [0.05, 0.1) is 25.2 Å². The van der Waals surface area contributed by atoms with Gasteiger partial charge in [0, 0.05) is 0 Å². The SMILES string of the molecule is CC(O)[C@@H](N)C(=S)NNC(=O)[C@@H](CC(N)=O)NC(=O)N[C@H](CO)C(=O)O. The molecule has 0 aromatic heterocycles. The highest BCUT2D eigenvalue weighted by Crippen LogP contribution is 1.94. The molecule has 0 aliphatic heterocycles. The van der Waals surface area contributed by atoms with Gasteiger partial charge < -0.3 is 37.4 Å². The van der Waals surface area contributed by atoms with Crippen LogP contribution in [0.2, 0.25) is 0 Å². The fourth-order valence-corrected chi connectivity index (χ4v) is 1.71. The minimum absolute atomic E-state index is 0.109. The van der Waals surface area contributed by atoms with Crippen LogP contribution in [-0.4, -0.2) is 75.0 Å². The number of carbonyl (C=O) groups excluding carboxylic acids is 3. The number of carboxylic acid groups (broad SMARTS) is 1. The third-order valence-electron chi connectivity index (χ3n) is 2.94. The number of hydrazine groups is 1. The van der Waals surface area contributed by atoms with E-state index in [1.54, 1.807) is 0 Å². The Bertz CT molecular complexity index is 558. The van der Waals surface area contributed by atoms with Crippen LogP contribution in [0.1, 0.15) is 13.3 Å². The number of rotatable bonds is 9. The van der Waals surface area contributed by atoms with Crippen LogP contribution in [0.4, 0.5) is 4.79 Å². The van der Waals surface area contributed by atoms with Crippen LogP contribution in [0.15, 0.2) is 0 Å². The summed E-state index contributed by atoms with van der Waals surface area (Å²) in [4.78, 5) is 45.5. The van der Waals surface area contributed by atoms with E-state index in [0.717, 1.165) is 0 Å². The van der Waals surface area contributed by atoms with E-state index in [-0.39, 0.29) is 4.99 Å². The summed E-state index contributed by atoms with van der Waals surface area (Å²) in [5.41, 5.74) is 14.9. The number of hydrogen-bond donors (Lipinski definition) is 9. The van der Waals surface area contributed by atoms with Crippen molar-refractivity contribution in [3.05, 3.63) is 0 Å². The lowest BCUT2D eigenvalue weighted by Gasteiger charge is -2.21. The normalized spacial score (nSPS) is 14.9. The summed E-state index contributed by atoms with van der Waals surface area (Å²) in [6.45, 7) is 0.491. The van der Waals surface area contributed by atoms with Gasteiger partial charge in [0.15, 0.2) is 6.04 Å². The van der Waals surface area contributed by atoms with E-state index in [9.17, 15) is 24.3 Å². The van der Waals surface area contributed by atoms with Crippen molar-refractivity contribution in [1.29, 1.82) is 0 Å². The number of urea groups is 1. The second kappa shape index (κ2) is 11.1. The van der Waals surface area contributed by atoms with Crippen LogP contribution < -0.4 is 33.0 Å². The Hall–Kier alpha value is -2.55. The zero-order valence-electron chi connectivity index (χ0n) is 13.8. The lowest BCUT2D eigenvalue weighted by Crippen LogP contribution is -2.59. The van der Waals surface area contributed by atoms with Crippen molar-refractivity contribution < 1.29 is 34.5 Å². The van der Waals surface area contributed by atoms with Crippen molar-refractivity contribution in [3.8, 4) is 0 Å². The minimum Gasteiger partial charge on any atom is -0.480 e. The maximum Gasteiger partial charge on any atom is 0.328 e. The summed E-state index contributed by atoms with van der Waals surface area (Å²) in [6.07, 6.45) is -1.60. The highest BCUT2D eigenvalue weighted by Gasteiger charge is 2.26. The number of aliphatic hydroxyl groups is 2. The number of thiocarbonyl (C=S) groups is 1. The second-order valence-corrected chi connectivity index (χ2v) is 5.60. The molecule has 0 aromatic rings. The molecule has 1 unspecified atom stereocenters. The van der Waals surface area contributed by atoms with Crippen molar-refractivity contribution in [2.24, 2.45) is 11.5 Å². The Balaban J connectivity index is 4.84. The summed E-state index contributed by atoms with van der Waals surface area (Å²) >= 11 is 4.84. The van der Waals surface area contributed by atoms with Gasteiger partial charge in [0.2, 0.25) is 5.91 Å². The van der Waals surface area contributed by atoms with Gasteiger partial charge in [-0.05, 0) is 6.92 Å². The zero-order valence-corrected chi connectivity index (χ0v) is 14.6. The first-order valence-electron chi connectivity index (χ1n) is 7.21. The Labute approximate surface area is 153 Å². The molecule has 26 heavy (non-hydrogen) atoms. The third kappa shape index (κ3) is 8.52. The molecule has 0 spiro atoms. The summed E-state index contributed by atoms with van der Waals surface area (Å²) < 4.78 is 0. The monoisotopic (exact) mass is 394 g/mol. The molecule has 0 aromatic carbocycles. The molecule has 0 rings (SSSR count).